The summed E-state index contributed by atoms with van der Waals surface area (Å²) in [7, 11) is -3.65. The second-order valence-electron chi connectivity index (χ2n) is 9.03. The van der Waals surface area contributed by atoms with Gasteiger partial charge in [-0.05, 0) is 68.0 Å². The number of hydrogen-bond donors (Lipinski definition) is 2. The van der Waals surface area contributed by atoms with Gasteiger partial charge < -0.3 is 10.6 Å². The number of nitrogens with zero attached hydrogens (tertiary/aromatic N) is 1. The first-order valence-corrected chi connectivity index (χ1v) is 12.6. The molecular weight excluding hydrogens is 438 g/mol. The first kappa shape index (κ1) is 23.2. The molecule has 2 atom stereocenters. The second-order valence-corrected chi connectivity index (χ2v) is 11.0. The summed E-state index contributed by atoms with van der Waals surface area (Å²) in [5, 5.41) is 5.79. The van der Waals surface area contributed by atoms with Crippen LogP contribution in [0.2, 0.25) is 0 Å². The van der Waals surface area contributed by atoms with Crippen LogP contribution in [0.1, 0.15) is 37.7 Å². The highest BCUT2D eigenvalue weighted by Crippen LogP contribution is 2.47. The number of sulfonamides is 1. The van der Waals surface area contributed by atoms with Crippen molar-refractivity contribution in [2.45, 2.75) is 42.5 Å². The third-order valence-electron chi connectivity index (χ3n) is 6.55. The number of amides is 2. The summed E-state index contributed by atoms with van der Waals surface area (Å²) in [4.78, 5) is 24.4. The lowest BCUT2D eigenvalue weighted by atomic mass is 9.90. The quantitative estimate of drug-likeness (QED) is 0.611. The third kappa shape index (κ3) is 5.17. The van der Waals surface area contributed by atoms with E-state index in [0.29, 0.717) is 31.6 Å². The van der Waals surface area contributed by atoms with E-state index in [2.05, 4.69) is 17.2 Å². The van der Waals surface area contributed by atoms with Gasteiger partial charge in [-0.3, -0.25) is 9.59 Å². The molecule has 1 saturated heterocycles. The lowest BCUT2D eigenvalue weighted by Crippen LogP contribution is -2.53. The average Bonchev–Trinajstić information content (AvgIpc) is 3.61. The van der Waals surface area contributed by atoms with Crippen LogP contribution >= 0.6 is 0 Å². The summed E-state index contributed by atoms with van der Waals surface area (Å²) < 4.78 is 27.6. The first-order chi connectivity index (χ1) is 15.7. The molecule has 1 heterocycles. The van der Waals surface area contributed by atoms with Crippen LogP contribution in [0.4, 0.5) is 5.69 Å². The van der Waals surface area contributed by atoms with Crippen LogP contribution in [-0.2, 0) is 19.6 Å². The van der Waals surface area contributed by atoms with Crippen molar-refractivity contribution in [1.29, 1.82) is 0 Å². The fourth-order valence-corrected chi connectivity index (χ4v) is 5.78. The summed E-state index contributed by atoms with van der Waals surface area (Å²) in [6, 6.07) is 16.3. The standard InChI is InChI=1S/C25H29N3O4S/c1-3-23(29)27-25(2)13-15-28(16-14-25)33(31,32)20-11-9-19(10-12-20)26-24(30)22-17-21(22)18-7-5-4-6-8-18/h3-12,21-22H,1,13-17H2,2H3,(H,26,30)(H,27,29). The Morgan fingerprint density at radius 3 is 2.30 bits per heavy atom. The average molecular weight is 468 g/mol. The molecule has 2 aromatic carbocycles. The number of anilines is 1. The molecule has 2 fully saturated rings. The Morgan fingerprint density at radius 1 is 1.06 bits per heavy atom. The molecule has 2 aliphatic rings. The van der Waals surface area contributed by atoms with Gasteiger partial charge in [-0.2, -0.15) is 4.31 Å². The largest absolute Gasteiger partial charge is 0.347 e. The molecule has 33 heavy (non-hydrogen) atoms. The molecule has 0 spiro atoms. The Labute approximate surface area is 194 Å². The molecule has 1 saturated carbocycles. The minimum Gasteiger partial charge on any atom is -0.347 e. The zero-order valence-corrected chi connectivity index (χ0v) is 19.5. The van der Waals surface area contributed by atoms with Gasteiger partial charge in [-0.15, -0.1) is 0 Å². The molecule has 1 aliphatic heterocycles. The lowest BCUT2D eigenvalue weighted by Gasteiger charge is -2.39. The highest BCUT2D eigenvalue weighted by Gasteiger charge is 2.43. The number of carbonyl (C=O) groups is 2. The molecular formula is C25H29N3O4S. The number of hydrogen-bond acceptors (Lipinski definition) is 4. The van der Waals surface area contributed by atoms with E-state index in [1.54, 1.807) is 12.1 Å². The lowest BCUT2D eigenvalue weighted by molar-refractivity contribution is -0.119. The van der Waals surface area contributed by atoms with Crippen LogP contribution in [-0.4, -0.2) is 43.2 Å². The van der Waals surface area contributed by atoms with Crippen molar-refractivity contribution in [3.63, 3.8) is 0 Å². The van der Waals surface area contributed by atoms with Crippen molar-refractivity contribution in [2.24, 2.45) is 5.92 Å². The second kappa shape index (κ2) is 9.11. The molecule has 0 bridgehead atoms. The van der Waals surface area contributed by atoms with E-state index in [1.165, 1.54) is 28.1 Å². The van der Waals surface area contributed by atoms with E-state index in [-0.39, 0.29) is 28.5 Å². The Kier molecular flexibility index (Phi) is 6.41. The summed E-state index contributed by atoms with van der Waals surface area (Å²) in [6.07, 6.45) is 3.08. The molecule has 4 rings (SSSR count). The van der Waals surface area contributed by atoms with Crippen LogP contribution in [0.15, 0.2) is 72.1 Å². The van der Waals surface area contributed by atoms with E-state index in [0.717, 1.165) is 6.42 Å². The van der Waals surface area contributed by atoms with E-state index in [4.69, 9.17) is 0 Å². The van der Waals surface area contributed by atoms with Gasteiger partial charge >= 0.3 is 0 Å². The summed E-state index contributed by atoms with van der Waals surface area (Å²) >= 11 is 0. The molecule has 174 valence electrons. The van der Waals surface area contributed by atoms with Crippen molar-refractivity contribution in [3.8, 4) is 0 Å². The van der Waals surface area contributed by atoms with Crippen molar-refractivity contribution < 1.29 is 18.0 Å². The zero-order chi connectivity index (χ0) is 23.6. The Bertz CT molecular complexity index is 1140. The predicted molar refractivity (Wildman–Crippen MR) is 127 cm³/mol. The first-order valence-electron chi connectivity index (χ1n) is 11.1. The van der Waals surface area contributed by atoms with Crippen molar-refractivity contribution >= 4 is 27.5 Å². The number of carbonyl (C=O) groups excluding carboxylic acids is 2. The van der Waals surface area contributed by atoms with E-state index >= 15 is 0 Å². The minimum atomic E-state index is -3.65. The van der Waals surface area contributed by atoms with Crippen LogP contribution in [0, 0.1) is 5.92 Å². The predicted octanol–water partition coefficient (Wildman–Crippen LogP) is 3.27. The van der Waals surface area contributed by atoms with Crippen LogP contribution in [0.3, 0.4) is 0 Å². The number of piperidine rings is 1. The summed E-state index contributed by atoms with van der Waals surface area (Å²) in [5.74, 6) is -0.115. The Balaban J connectivity index is 1.34. The maximum Gasteiger partial charge on any atom is 0.243 e. The van der Waals surface area contributed by atoms with Gasteiger partial charge in [0.2, 0.25) is 21.8 Å². The molecule has 2 N–H and O–H groups in total. The van der Waals surface area contributed by atoms with Crippen LogP contribution in [0.25, 0.3) is 0 Å². The molecule has 8 heteroatoms. The highest BCUT2D eigenvalue weighted by molar-refractivity contribution is 7.89. The molecule has 7 nitrogen and oxygen atoms in total. The van der Waals surface area contributed by atoms with E-state index in [1.807, 2.05) is 37.3 Å². The normalized spacial score (nSPS) is 22.2. The van der Waals surface area contributed by atoms with Crippen molar-refractivity contribution in [3.05, 3.63) is 72.8 Å². The number of rotatable bonds is 7. The fraction of sp³-hybridized carbons (Fsp3) is 0.360. The van der Waals surface area contributed by atoms with Gasteiger partial charge in [0.05, 0.1) is 4.90 Å². The Hall–Kier alpha value is -2.97. The fourth-order valence-electron chi connectivity index (χ4n) is 4.34. The van der Waals surface area contributed by atoms with Gasteiger partial charge in [0.15, 0.2) is 0 Å². The maximum atomic E-state index is 13.1. The number of benzene rings is 2. The van der Waals surface area contributed by atoms with Gasteiger partial charge in [-0.25, -0.2) is 8.42 Å². The van der Waals surface area contributed by atoms with E-state index < -0.39 is 15.6 Å². The van der Waals surface area contributed by atoms with Gasteiger partial charge in [0.1, 0.15) is 0 Å². The van der Waals surface area contributed by atoms with Gasteiger partial charge in [-0.1, -0.05) is 36.9 Å². The van der Waals surface area contributed by atoms with Crippen molar-refractivity contribution in [1.82, 2.24) is 9.62 Å². The molecule has 2 amide bonds. The smallest absolute Gasteiger partial charge is 0.243 e. The van der Waals surface area contributed by atoms with Crippen LogP contribution in [0.5, 0.6) is 0 Å². The molecule has 2 aromatic rings. The summed E-state index contributed by atoms with van der Waals surface area (Å²) in [6.45, 7) is 6.01. The monoisotopic (exact) mass is 467 g/mol. The van der Waals surface area contributed by atoms with Gasteiger partial charge in [0, 0.05) is 30.2 Å². The maximum absolute atomic E-state index is 13.1. The number of nitrogens with one attached hydrogen (secondary N) is 2. The molecule has 0 aromatic heterocycles. The molecule has 0 radical (unpaired) electrons. The molecule has 2 unspecified atom stereocenters. The minimum absolute atomic E-state index is 0.0450. The van der Waals surface area contributed by atoms with E-state index in [9.17, 15) is 18.0 Å². The highest BCUT2D eigenvalue weighted by atomic mass is 32.2. The topological polar surface area (TPSA) is 95.6 Å². The molecule has 1 aliphatic carbocycles. The van der Waals surface area contributed by atoms with Crippen LogP contribution < -0.4 is 10.6 Å². The Morgan fingerprint density at radius 2 is 1.70 bits per heavy atom. The SMILES string of the molecule is C=CC(=O)NC1(C)CCN(S(=O)(=O)c2ccc(NC(=O)C3CC3c3ccccc3)cc2)CC1. The van der Waals surface area contributed by atoms with Crippen molar-refractivity contribution in [2.75, 3.05) is 18.4 Å². The zero-order valence-electron chi connectivity index (χ0n) is 18.7. The summed E-state index contributed by atoms with van der Waals surface area (Å²) in [5.41, 5.74) is 1.29. The van der Waals surface area contributed by atoms with Gasteiger partial charge in [0.25, 0.3) is 0 Å². The third-order valence-corrected chi connectivity index (χ3v) is 8.46.